The molecule has 174 valence electrons. The molecule has 1 aliphatic rings. The first-order valence-electron chi connectivity index (χ1n) is 10.9. The second-order valence-corrected chi connectivity index (χ2v) is 9.24. The highest BCUT2D eigenvalue weighted by Crippen LogP contribution is 2.26. The van der Waals surface area contributed by atoms with Crippen LogP contribution in [0, 0.1) is 11.6 Å². The Labute approximate surface area is 194 Å². The van der Waals surface area contributed by atoms with Crippen molar-refractivity contribution in [3.63, 3.8) is 0 Å². The second kappa shape index (κ2) is 10.5. The van der Waals surface area contributed by atoms with Gasteiger partial charge in [-0.1, -0.05) is 23.9 Å². The average Bonchev–Trinajstić information content (AvgIpc) is 2.83. The summed E-state index contributed by atoms with van der Waals surface area (Å²) < 4.78 is 33.9. The molecule has 0 spiro atoms. The fraction of sp³-hybridized carbons (Fsp3) is 0.375. The minimum absolute atomic E-state index is 0.0795. The van der Waals surface area contributed by atoms with Crippen molar-refractivity contribution in [1.29, 1.82) is 0 Å². The van der Waals surface area contributed by atoms with Crippen molar-refractivity contribution >= 4 is 28.4 Å². The highest BCUT2D eigenvalue weighted by atomic mass is 32.2. The molecule has 0 saturated carbocycles. The third-order valence-electron chi connectivity index (χ3n) is 5.64. The van der Waals surface area contributed by atoms with Gasteiger partial charge in [0.1, 0.15) is 0 Å². The Morgan fingerprint density at radius 3 is 2.64 bits per heavy atom. The lowest BCUT2D eigenvalue weighted by Crippen LogP contribution is -2.37. The van der Waals surface area contributed by atoms with Gasteiger partial charge in [-0.2, -0.15) is 0 Å². The summed E-state index contributed by atoms with van der Waals surface area (Å²) in [6.07, 6.45) is 0.749. The maximum atomic E-state index is 13.6. The van der Waals surface area contributed by atoms with Gasteiger partial charge in [0, 0.05) is 31.7 Å². The van der Waals surface area contributed by atoms with Crippen LogP contribution in [0.2, 0.25) is 0 Å². The average molecular weight is 474 g/mol. The van der Waals surface area contributed by atoms with Crippen LogP contribution in [0.5, 0.6) is 0 Å². The Morgan fingerprint density at radius 1 is 1.12 bits per heavy atom. The van der Waals surface area contributed by atoms with Crippen molar-refractivity contribution in [1.82, 2.24) is 14.5 Å². The number of thioether (sulfide) groups is 1. The Morgan fingerprint density at radius 2 is 1.88 bits per heavy atom. The predicted octanol–water partition coefficient (Wildman–Crippen LogP) is 3.76. The molecule has 0 bridgehead atoms. The number of rotatable bonds is 8. The number of fused-ring (bicyclic) bond motifs is 1. The summed E-state index contributed by atoms with van der Waals surface area (Å²) in [5.41, 5.74) is 0.482. The number of aromatic nitrogens is 2. The first-order chi connectivity index (χ1) is 15.9. The number of nitrogens with zero attached hydrogens (tertiary/aromatic N) is 3. The zero-order valence-corrected chi connectivity index (χ0v) is 19.1. The molecule has 4 rings (SSSR count). The monoisotopic (exact) mass is 473 g/mol. The summed E-state index contributed by atoms with van der Waals surface area (Å²) in [5, 5.41) is 0.310. The summed E-state index contributed by atoms with van der Waals surface area (Å²) in [4.78, 5) is 33.0. The van der Waals surface area contributed by atoms with Crippen LogP contribution in [0.25, 0.3) is 10.9 Å². The third-order valence-corrected chi connectivity index (χ3v) is 6.73. The Balaban J connectivity index is 1.57. The molecule has 2 heterocycles. The fourth-order valence-corrected chi connectivity index (χ4v) is 4.82. The van der Waals surface area contributed by atoms with Gasteiger partial charge in [-0.3, -0.25) is 19.1 Å². The number of para-hydroxylation sites is 1. The van der Waals surface area contributed by atoms with E-state index in [0.29, 0.717) is 35.8 Å². The maximum Gasteiger partial charge on any atom is 0.262 e. The molecule has 1 fully saturated rings. The van der Waals surface area contributed by atoms with Crippen LogP contribution in [0.15, 0.2) is 52.4 Å². The zero-order chi connectivity index (χ0) is 23.4. The minimum atomic E-state index is -1.07. The summed E-state index contributed by atoms with van der Waals surface area (Å²) in [6, 6.07) is 10.2. The van der Waals surface area contributed by atoms with Crippen molar-refractivity contribution in [2.45, 2.75) is 30.3 Å². The van der Waals surface area contributed by atoms with Crippen LogP contribution in [0.4, 0.5) is 8.78 Å². The molecule has 0 N–H and O–H groups in total. The molecule has 33 heavy (non-hydrogen) atoms. The summed E-state index contributed by atoms with van der Waals surface area (Å²) in [5.74, 6) is -2.43. The number of Topliss-reactive ketones (excluding diaryl/α,β-unsaturated/α-hetero) is 1. The number of benzene rings is 2. The van der Waals surface area contributed by atoms with E-state index in [1.165, 1.54) is 6.07 Å². The fourth-order valence-electron chi connectivity index (χ4n) is 3.81. The van der Waals surface area contributed by atoms with E-state index in [-0.39, 0.29) is 16.9 Å². The summed E-state index contributed by atoms with van der Waals surface area (Å²) in [6.45, 7) is 6.12. The molecule has 1 atom stereocenters. The normalized spacial score (nSPS) is 15.6. The number of halogens is 2. The number of hydrogen-bond acceptors (Lipinski definition) is 6. The third kappa shape index (κ3) is 5.48. The smallest absolute Gasteiger partial charge is 0.262 e. The van der Waals surface area contributed by atoms with Gasteiger partial charge in [0.05, 0.1) is 29.4 Å². The van der Waals surface area contributed by atoms with Gasteiger partial charge >= 0.3 is 0 Å². The lowest BCUT2D eigenvalue weighted by Gasteiger charge is -2.26. The second-order valence-electron chi connectivity index (χ2n) is 7.93. The molecule has 3 aromatic rings. The Hall–Kier alpha value is -2.62. The van der Waals surface area contributed by atoms with Gasteiger partial charge in [-0.15, -0.1) is 0 Å². The van der Waals surface area contributed by atoms with Crippen LogP contribution in [-0.4, -0.2) is 58.3 Å². The Bertz CT molecular complexity index is 1210. The van der Waals surface area contributed by atoms with E-state index in [0.717, 1.165) is 49.9 Å². The maximum absolute atomic E-state index is 13.6. The molecular formula is C24H25F2N3O3S. The van der Waals surface area contributed by atoms with Crippen molar-refractivity contribution < 1.29 is 18.3 Å². The van der Waals surface area contributed by atoms with Gasteiger partial charge in [-0.05, 0) is 43.7 Å². The molecule has 0 radical (unpaired) electrons. The zero-order valence-electron chi connectivity index (χ0n) is 18.3. The van der Waals surface area contributed by atoms with Crippen LogP contribution >= 0.6 is 11.8 Å². The quantitative estimate of drug-likeness (QED) is 0.282. The molecule has 0 aliphatic carbocycles. The van der Waals surface area contributed by atoms with Crippen molar-refractivity contribution in [3.8, 4) is 0 Å². The van der Waals surface area contributed by atoms with Gasteiger partial charge in [0.2, 0.25) is 0 Å². The van der Waals surface area contributed by atoms with E-state index in [1.54, 1.807) is 29.7 Å². The van der Waals surface area contributed by atoms with E-state index >= 15 is 0 Å². The van der Waals surface area contributed by atoms with Gasteiger partial charge in [0.15, 0.2) is 22.6 Å². The van der Waals surface area contributed by atoms with Gasteiger partial charge in [-0.25, -0.2) is 13.8 Å². The highest BCUT2D eigenvalue weighted by Gasteiger charge is 2.22. The topological polar surface area (TPSA) is 64.4 Å². The summed E-state index contributed by atoms with van der Waals surface area (Å²) in [7, 11) is 0. The number of ether oxygens (including phenoxy) is 1. The highest BCUT2D eigenvalue weighted by molar-refractivity contribution is 8.00. The number of carbonyl (C=O) groups is 1. The summed E-state index contributed by atoms with van der Waals surface area (Å²) >= 11 is 1.15. The molecule has 2 aromatic carbocycles. The van der Waals surface area contributed by atoms with Crippen molar-refractivity contribution in [3.05, 3.63) is 70.0 Å². The van der Waals surface area contributed by atoms with Crippen LogP contribution in [0.1, 0.15) is 23.7 Å². The molecule has 0 amide bonds. The number of morpholine rings is 1. The standard InChI is InChI=1S/C24H25F2N3O3S/c1-16(22(30)17-7-8-19(25)20(26)15-17)33-24-27-21-6-3-2-5-18(21)23(31)29(24)10-4-9-28-11-13-32-14-12-28/h2-3,5-8,15-16H,4,9-14H2,1H3/t16-/m0/s1. The van der Waals surface area contributed by atoms with E-state index in [4.69, 9.17) is 4.74 Å². The number of hydrogen-bond donors (Lipinski definition) is 0. The van der Waals surface area contributed by atoms with Gasteiger partial charge < -0.3 is 4.74 Å². The molecule has 9 heteroatoms. The van der Waals surface area contributed by atoms with Crippen molar-refractivity contribution in [2.24, 2.45) is 0 Å². The molecule has 0 unspecified atom stereocenters. The lowest BCUT2D eigenvalue weighted by molar-refractivity contribution is 0.0368. The van der Waals surface area contributed by atoms with E-state index in [1.807, 2.05) is 6.07 Å². The van der Waals surface area contributed by atoms with E-state index in [2.05, 4.69) is 9.88 Å². The lowest BCUT2D eigenvalue weighted by atomic mass is 10.1. The van der Waals surface area contributed by atoms with Crippen LogP contribution in [-0.2, 0) is 11.3 Å². The van der Waals surface area contributed by atoms with Crippen LogP contribution in [0.3, 0.4) is 0 Å². The van der Waals surface area contributed by atoms with Gasteiger partial charge in [0.25, 0.3) is 5.56 Å². The molecule has 6 nitrogen and oxygen atoms in total. The Kier molecular flexibility index (Phi) is 7.52. The predicted molar refractivity (Wildman–Crippen MR) is 124 cm³/mol. The minimum Gasteiger partial charge on any atom is -0.379 e. The SMILES string of the molecule is C[C@H](Sc1nc2ccccc2c(=O)n1CCCN1CCOCC1)C(=O)c1ccc(F)c(F)c1. The largest absolute Gasteiger partial charge is 0.379 e. The van der Waals surface area contributed by atoms with Crippen molar-refractivity contribution in [2.75, 3.05) is 32.8 Å². The molecule has 1 aliphatic heterocycles. The first-order valence-corrected chi connectivity index (χ1v) is 11.8. The molecule has 1 aromatic heterocycles. The van der Waals surface area contributed by atoms with Crippen LogP contribution < -0.4 is 5.56 Å². The number of ketones is 1. The number of carbonyl (C=O) groups excluding carboxylic acids is 1. The molecular weight excluding hydrogens is 448 g/mol. The van der Waals surface area contributed by atoms with E-state index in [9.17, 15) is 18.4 Å². The first kappa shape index (κ1) is 23.5. The molecule has 1 saturated heterocycles. The van der Waals surface area contributed by atoms with E-state index < -0.39 is 16.9 Å².